The third kappa shape index (κ3) is 4.61. The Bertz CT molecular complexity index is 713. The molecule has 0 aliphatic rings. The Morgan fingerprint density at radius 2 is 1.96 bits per heavy atom. The molecular formula is C18H30N6O. The zero-order valence-corrected chi connectivity index (χ0v) is 16.2. The van der Waals surface area contributed by atoms with Crippen molar-refractivity contribution >= 4 is 5.96 Å². The molecule has 0 saturated carbocycles. The van der Waals surface area contributed by atoms with Crippen molar-refractivity contribution in [2.45, 2.75) is 59.5 Å². The summed E-state index contributed by atoms with van der Waals surface area (Å²) in [5.74, 6) is 1.90. The fourth-order valence-corrected chi connectivity index (χ4v) is 2.84. The molecule has 0 spiro atoms. The summed E-state index contributed by atoms with van der Waals surface area (Å²) >= 11 is 0. The molecule has 0 amide bonds. The van der Waals surface area contributed by atoms with Crippen molar-refractivity contribution in [2.75, 3.05) is 7.05 Å². The molecule has 2 N–H and O–H groups in total. The molecule has 7 heteroatoms. The van der Waals surface area contributed by atoms with Crippen LogP contribution in [0.15, 0.2) is 15.6 Å². The quantitative estimate of drug-likeness (QED) is 0.595. The van der Waals surface area contributed by atoms with Crippen molar-refractivity contribution < 1.29 is 4.52 Å². The lowest BCUT2D eigenvalue weighted by atomic mass is 10.1. The molecule has 0 saturated heterocycles. The third-order valence-electron chi connectivity index (χ3n) is 4.28. The van der Waals surface area contributed by atoms with Gasteiger partial charge in [-0.05, 0) is 18.8 Å². The number of rotatable bonds is 7. The number of nitrogens with zero attached hydrogens (tertiary/aromatic N) is 4. The Hall–Kier alpha value is -2.31. The minimum absolute atomic E-state index is 0.362. The molecule has 0 fully saturated rings. The van der Waals surface area contributed by atoms with Gasteiger partial charge in [-0.3, -0.25) is 9.67 Å². The summed E-state index contributed by atoms with van der Waals surface area (Å²) in [6, 6.07) is 1.98. The molecule has 0 aliphatic heterocycles. The van der Waals surface area contributed by atoms with Crippen LogP contribution in [0.2, 0.25) is 0 Å². The molecule has 2 aromatic rings. The predicted molar refractivity (Wildman–Crippen MR) is 99.6 cm³/mol. The van der Waals surface area contributed by atoms with Crippen LogP contribution in [0.3, 0.4) is 0 Å². The molecule has 2 heterocycles. The van der Waals surface area contributed by atoms with Gasteiger partial charge in [0.05, 0.1) is 17.9 Å². The van der Waals surface area contributed by atoms with E-state index in [2.05, 4.69) is 53.6 Å². The second kappa shape index (κ2) is 8.69. The number of guanidine groups is 1. The van der Waals surface area contributed by atoms with E-state index in [4.69, 9.17) is 4.52 Å². The van der Waals surface area contributed by atoms with Crippen molar-refractivity contribution in [3.63, 3.8) is 0 Å². The van der Waals surface area contributed by atoms with Gasteiger partial charge in [0.15, 0.2) is 11.7 Å². The highest BCUT2D eigenvalue weighted by Crippen LogP contribution is 2.15. The van der Waals surface area contributed by atoms with Crippen molar-refractivity contribution in [1.29, 1.82) is 0 Å². The van der Waals surface area contributed by atoms with Crippen LogP contribution < -0.4 is 10.6 Å². The highest BCUT2D eigenvalue weighted by atomic mass is 16.5. The molecule has 0 aromatic carbocycles. The van der Waals surface area contributed by atoms with E-state index in [1.807, 2.05) is 17.8 Å². The van der Waals surface area contributed by atoms with E-state index in [-0.39, 0.29) is 0 Å². The van der Waals surface area contributed by atoms with Crippen molar-refractivity contribution in [2.24, 2.45) is 12.0 Å². The van der Waals surface area contributed by atoms with E-state index < -0.39 is 0 Å². The van der Waals surface area contributed by atoms with E-state index in [1.54, 1.807) is 7.05 Å². The highest BCUT2D eigenvalue weighted by Gasteiger charge is 2.14. The van der Waals surface area contributed by atoms with Gasteiger partial charge in [0.25, 0.3) is 0 Å². The average Bonchev–Trinajstić information content (AvgIpc) is 3.19. The fourth-order valence-electron chi connectivity index (χ4n) is 2.84. The second-order valence-corrected chi connectivity index (χ2v) is 6.35. The number of aliphatic imine (C=N–C) groups is 1. The van der Waals surface area contributed by atoms with Crippen LogP contribution in [0.1, 0.15) is 62.0 Å². The van der Waals surface area contributed by atoms with Gasteiger partial charge in [-0.2, -0.15) is 5.10 Å². The highest BCUT2D eigenvalue weighted by molar-refractivity contribution is 5.79. The van der Waals surface area contributed by atoms with E-state index in [9.17, 15) is 0 Å². The van der Waals surface area contributed by atoms with E-state index >= 15 is 0 Å². The van der Waals surface area contributed by atoms with Crippen LogP contribution in [0.4, 0.5) is 0 Å². The molecule has 138 valence electrons. The lowest BCUT2D eigenvalue weighted by Crippen LogP contribution is -2.36. The van der Waals surface area contributed by atoms with Gasteiger partial charge < -0.3 is 15.2 Å². The standard InChI is InChI=1S/C18H30N6O/c1-7-15-14(17(8-2)24(6)22-15)11-21-18(19-5)20-10-13-9-16(12(3)4)23-25-13/h9,12H,7-8,10-11H2,1-6H3,(H2,19,20,21). The Kier molecular flexibility index (Phi) is 6.61. The largest absolute Gasteiger partial charge is 0.359 e. The maximum absolute atomic E-state index is 5.35. The van der Waals surface area contributed by atoms with Gasteiger partial charge in [0.2, 0.25) is 0 Å². The van der Waals surface area contributed by atoms with Gasteiger partial charge >= 0.3 is 0 Å². The molecule has 0 unspecified atom stereocenters. The molecule has 0 radical (unpaired) electrons. The number of aryl methyl sites for hydroxylation is 2. The predicted octanol–water partition coefficient (Wildman–Crippen LogP) is 2.52. The molecule has 0 bridgehead atoms. The first kappa shape index (κ1) is 19.0. The molecule has 25 heavy (non-hydrogen) atoms. The summed E-state index contributed by atoms with van der Waals surface area (Å²) < 4.78 is 7.33. The molecular weight excluding hydrogens is 316 g/mol. The third-order valence-corrected chi connectivity index (χ3v) is 4.28. The minimum Gasteiger partial charge on any atom is -0.359 e. The smallest absolute Gasteiger partial charge is 0.191 e. The molecule has 0 atom stereocenters. The Balaban J connectivity index is 1.96. The second-order valence-electron chi connectivity index (χ2n) is 6.35. The fraction of sp³-hybridized carbons (Fsp3) is 0.611. The number of aromatic nitrogens is 3. The van der Waals surface area contributed by atoms with Crippen LogP contribution in [-0.4, -0.2) is 27.9 Å². The van der Waals surface area contributed by atoms with Crippen molar-refractivity contribution in [3.05, 3.63) is 34.5 Å². The SMILES string of the molecule is CCc1nn(C)c(CC)c1CNC(=NC)NCc1cc(C(C)C)no1. The lowest BCUT2D eigenvalue weighted by Gasteiger charge is -2.12. The first-order valence-electron chi connectivity index (χ1n) is 8.93. The van der Waals surface area contributed by atoms with E-state index in [1.165, 1.54) is 11.3 Å². The van der Waals surface area contributed by atoms with Gasteiger partial charge in [0, 0.05) is 38.0 Å². The van der Waals surface area contributed by atoms with E-state index in [0.29, 0.717) is 19.0 Å². The van der Waals surface area contributed by atoms with E-state index in [0.717, 1.165) is 35.9 Å². The monoisotopic (exact) mass is 346 g/mol. The van der Waals surface area contributed by atoms with Crippen LogP contribution in [0.25, 0.3) is 0 Å². The summed E-state index contributed by atoms with van der Waals surface area (Å²) in [4.78, 5) is 4.28. The average molecular weight is 346 g/mol. The zero-order valence-electron chi connectivity index (χ0n) is 16.2. The Labute approximate surface area is 149 Å². The first-order chi connectivity index (χ1) is 12.0. The normalized spacial score (nSPS) is 12.0. The number of hydrogen-bond donors (Lipinski definition) is 2. The Morgan fingerprint density at radius 1 is 1.24 bits per heavy atom. The lowest BCUT2D eigenvalue weighted by molar-refractivity contribution is 0.372. The molecule has 0 aliphatic carbocycles. The van der Waals surface area contributed by atoms with Crippen LogP contribution in [0, 0.1) is 0 Å². The van der Waals surface area contributed by atoms with Crippen molar-refractivity contribution in [1.82, 2.24) is 25.6 Å². The molecule has 7 nitrogen and oxygen atoms in total. The number of nitrogens with one attached hydrogen (secondary N) is 2. The molecule has 2 aromatic heterocycles. The first-order valence-corrected chi connectivity index (χ1v) is 8.93. The summed E-state index contributed by atoms with van der Waals surface area (Å²) in [5, 5.41) is 15.3. The summed E-state index contributed by atoms with van der Waals surface area (Å²) in [7, 11) is 3.77. The van der Waals surface area contributed by atoms with Crippen LogP contribution in [-0.2, 0) is 33.0 Å². The number of hydrogen-bond acceptors (Lipinski definition) is 4. The van der Waals surface area contributed by atoms with Crippen LogP contribution >= 0.6 is 0 Å². The maximum atomic E-state index is 5.35. The van der Waals surface area contributed by atoms with Gasteiger partial charge in [-0.25, -0.2) is 0 Å². The topological polar surface area (TPSA) is 80.3 Å². The van der Waals surface area contributed by atoms with Gasteiger partial charge in [0.1, 0.15) is 0 Å². The molecule has 2 rings (SSSR count). The maximum Gasteiger partial charge on any atom is 0.191 e. The van der Waals surface area contributed by atoms with Gasteiger partial charge in [-0.15, -0.1) is 0 Å². The summed E-state index contributed by atoms with van der Waals surface area (Å²) in [6.45, 7) is 9.74. The zero-order chi connectivity index (χ0) is 18.4. The van der Waals surface area contributed by atoms with Gasteiger partial charge in [-0.1, -0.05) is 32.9 Å². The van der Waals surface area contributed by atoms with Crippen LogP contribution in [0.5, 0.6) is 0 Å². The summed E-state index contributed by atoms with van der Waals surface area (Å²) in [5.41, 5.74) is 4.63. The van der Waals surface area contributed by atoms with Crippen molar-refractivity contribution in [3.8, 4) is 0 Å². The minimum atomic E-state index is 0.362. The summed E-state index contributed by atoms with van der Waals surface area (Å²) in [6.07, 6.45) is 1.88. The Morgan fingerprint density at radius 3 is 2.52 bits per heavy atom.